The average Bonchev–Trinajstić information content (AvgIpc) is 2.07. The van der Waals surface area contributed by atoms with Crippen molar-refractivity contribution in [1.82, 2.24) is 0 Å². The number of dihydropyridines is 1. The van der Waals surface area contributed by atoms with Gasteiger partial charge >= 0.3 is 0 Å². The predicted octanol–water partition coefficient (Wildman–Crippen LogP) is 2.03. The van der Waals surface area contributed by atoms with Crippen LogP contribution in [0.1, 0.15) is 26.7 Å². The Bertz CT molecular complexity index is 243. The van der Waals surface area contributed by atoms with Gasteiger partial charge in [0.25, 0.3) is 0 Å². The van der Waals surface area contributed by atoms with E-state index >= 15 is 0 Å². The second kappa shape index (κ2) is 4.10. The van der Waals surface area contributed by atoms with E-state index in [0.717, 1.165) is 25.1 Å². The third-order valence-electron chi connectivity index (χ3n) is 2.11. The molecule has 0 spiro atoms. The molecule has 0 atom stereocenters. The van der Waals surface area contributed by atoms with Crippen LogP contribution in [0.15, 0.2) is 27.9 Å². The van der Waals surface area contributed by atoms with Gasteiger partial charge in [0.15, 0.2) is 0 Å². The first-order valence-electron chi connectivity index (χ1n) is 4.40. The Morgan fingerprint density at radius 3 is 2.83 bits per heavy atom. The summed E-state index contributed by atoms with van der Waals surface area (Å²) in [6.45, 7) is 5.01. The average molecular weight is 164 g/mol. The number of allylic oxidation sites excluding steroid dienone is 3. The van der Waals surface area contributed by atoms with Crippen molar-refractivity contribution in [2.24, 2.45) is 10.7 Å². The fraction of sp³-hybridized carbons (Fsp3) is 0.500. The van der Waals surface area contributed by atoms with Crippen molar-refractivity contribution >= 4 is 6.21 Å². The second-order valence-electron chi connectivity index (χ2n) is 3.01. The van der Waals surface area contributed by atoms with E-state index in [-0.39, 0.29) is 0 Å². The summed E-state index contributed by atoms with van der Waals surface area (Å²) in [7, 11) is 0. The zero-order valence-corrected chi connectivity index (χ0v) is 7.80. The van der Waals surface area contributed by atoms with Gasteiger partial charge in [-0.3, -0.25) is 4.99 Å². The molecule has 0 unspecified atom stereocenters. The van der Waals surface area contributed by atoms with E-state index < -0.39 is 0 Å². The highest BCUT2D eigenvalue weighted by molar-refractivity contribution is 5.74. The number of hydrogen-bond donors (Lipinski definition) is 1. The fourth-order valence-corrected chi connectivity index (χ4v) is 1.50. The lowest BCUT2D eigenvalue weighted by molar-refractivity contribution is 0.911. The summed E-state index contributed by atoms with van der Waals surface area (Å²) >= 11 is 0. The van der Waals surface area contributed by atoms with Gasteiger partial charge in [0.2, 0.25) is 0 Å². The molecule has 0 radical (unpaired) electrons. The van der Waals surface area contributed by atoms with E-state index in [9.17, 15) is 0 Å². The number of hydrogen-bond acceptors (Lipinski definition) is 2. The monoisotopic (exact) mass is 164 g/mol. The molecule has 0 aromatic carbocycles. The van der Waals surface area contributed by atoms with E-state index in [4.69, 9.17) is 5.73 Å². The summed E-state index contributed by atoms with van der Waals surface area (Å²) in [4.78, 5) is 4.14. The van der Waals surface area contributed by atoms with Crippen molar-refractivity contribution in [2.75, 3.05) is 6.54 Å². The Hall–Kier alpha value is -1.05. The molecule has 0 amide bonds. The van der Waals surface area contributed by atoms with Crippen LogP contribution in [0.25, 0.3) is 0 Å². The van der Waals surface area contributed by atoms with Gasteiger partial charge in [-0.15, -0.1) is 0 Å². The van der Waals surface area contributed by atoms with Gasteiger partial charge in [-0.05, 0) is 37.0 Å². The van der Waals surface area contributed by atoms with Gasteiger partial charge in [-0.1, -0.05) is 6.92 Å². The minimum atomic E-state index is 0.905. The first-order chi connectivity index (χ1) is 5.75. The minimum Gasteiger partial charge on any atom is -0.402 e. The third kappa shape index (κ3) is 1.97. The largest absolute Gasteiger partial charge is 0.402 e. The molecule has 1 heterocycles. The Kier molecular flexibility index (Phi) is 3.09. The molecule has 0 aliphatic carbocycles. The molecule has 0 aromatic rings. The Morgan fingerprint density at radius 2 is 2.42 bits per heavy atom. The molecule has 0 saturated carbocycles. The van der Waals surface area contributed by atoms with Gasteiger partial charge < -0.3 is 5.73 Å². The lowest BCUT2D eigenvalue weighted by Gasteiger charge is -2.12. The van der Waals surface area contributed by atoms with Gasteiger partial charge in [-0.2, -0.15) is 0 Å². The Labute approximate surface area is 73.9 Å². The first-order valence-corrected chi connectivity index (χ1v) is 4.40. The van der Waals surface area contributed by atoms with Gasteiger partial charge in [0, 0.05) is 18.5 Å². The second-order valence-corrected chi connectivity index (χ2v) is 3.01. The molecule has 66 valence electrons. The molecule has 2 heteroatoms. The molecule has 1 aliphatic rings. The van der Waals surface area contributed by atoms with Crippen LogP contribution >= 0.6 is 0 Å². The standard InChI is InChI=1S/C10H16N2/c1-3-10(8(2)11)9-4-6-12-7-5-9/h4,6H,3,5,7,11H2,1-2H3/b10-8+. The summed E-state index contributed by atoms with van der Waals surface area (Å²) in [6, 6.07) is 0. The number of aliphatic imine (C=N–C) groups is 1. The predicted molar refractivity (Wildman–Crippen MR) is 53.2 cm³/mol. The number of nitrogens with zero attached hydrogens (tertiary/aromatic N) is 1. The van der Waals surface area contributed by atoms with E-state index in [1.807, 2.05) is 13.1 Å². The maximum atomic E-state index is 5.77. The molecule has 0 saturated heterocycles. The van der Waals surface area contributed by atoms with Crippen molar-refractivity contribution in [3.8, 4) is 0 Å². The number of rotatable bonds is 2. The van der Waals surface area contributed by atoms with Crippen LogP contribution < -0.4 is 5.73 Å². The summed E-state index contributed by atoms with van der Waals surface area (Å²) < 4.78 is 0. The molecule has 12 heavy (non-hydrogen) atoms. The summed E-state index contributed by atoms with van der Waals surface area (Å²) in [6.07, 6.45) is 5.99. The van der Waals surface area contributed by atoms with Crippen LogP contribution in [0, 0.1) is 0 Å². The molecule has 1 rings (SSSR count). The number of nitrogens with two attached hydrogens (primary N) is 1. The quantitative estimate of drug-likeness (QED) is 0.666. The van der Waals surface area contributed by atoms with Crippen molar-refractivity contribution in [1.29, 1.82) is 0 Å². The Morgan fingerprint density at radius 1 is 1.67 bits per heavy atom. The molecule has 0 aromatic heterocycles. The van der Waals surface area contributed by atoms with E-state index in [1.54, 1.807) is 0 Å². The minimum absolute atomic E-state index is 0.905. The zero-order chi connectivity index (χ0) is 8.97. The topological polar surface area (TPSA) is 38.4 Å². The van der Waals surface area contributed by atoms with Crippen LogP contribution in [-0.2, 0) is 0 Å². The van der Waals surface area contributed by atoms with Crippen LogP contribution in [0.4, 0.5) is 0 Å². The van der Waals surface area contributed by atoms with Crippen LogP contribution in [0.3, 0.4) is 0 Å². The molecule has 2 nitrogen and oxygen atoms in total. The van der Waals surface area contributed by atoms with Crippen molar-refractivity contribution in [3.05, 3.63) is 22.9 Å². The molecular weight excluding hydrogens is 148 g/mol. The lowest BCUT2D eigenvalue weighted by Crippen LogP contribution is -2.04. The van der Waals surface area contributed by atoms with E-state index in [1.165, 1.54) is 11.1 Å². The van der Waals surface area contributed by atoms with Crippen LogP contribution in [-0.4, -0.2) is 12.8 Å². The summed E-state index contributed by atoms with van der Waals surface area (Å²) in [5.74, 6) is 0. The van der Waals surface area contributed by atoms with Gasteiger partial charge in [-0.25, -0.2) is 0 Å². The highest BCUT2D eigenvalue weighted by Crippen LogP contribution is 2.20. The van der Waals surface area contributed by atoms with Crippen LogP contribution in [0.2, 0.25) is 0 Å². The molecule has 1 aliphatic heterocycles. The third-order valence-corrected chi connectivity index (χ3v) is 2.11. The highest BCUT2D eigenvalue weighted by Gasteiger charge is 2.06. The van der Waals surface area contributed by atoms with Gasteiger partial charge in [0.1, 0.15) is 0 Å². The first kappa shape index (κ1) is 9.04. The highest BCUT2D eigenvalue weighted by atomic mass is 14.7. The van der Waals surface area contributed by atoms with Crippen molar-refractivity contribution in [2.45, 2.75) is 26.7 Å². The molecule has 2 N–H and O–H groups in total. The van der Waals surface area contributed by atoms with Gasteiger partial charge in [0.05, 0.1) is 0 Å². The van der Waals surface area contributed by atoms with E-state index in [0.29, 0.717) is 0 Å². The van der Waals surface area contributed by atoms with Crippen LogP contribution in [0.5, 0.6) is 0 Å². The normalized spacial score (nSPS) is 18.7. The summed E-state index contributed by atoms with van der Waals surface area (Å²) in [5, 5.41) is 0. The van der Waals surface area contributed by atoms with E-state index in [2.05, 4.69) is 18.0 Å². The molecule has 0 bridgehead atoms. The SMILES string of the molecule is CC/C(C1=CC=NCC1)=C(/C)N. The maximum Gasteiger partial charge on any atom is 0.0429 e. The zero-order valence-electron chi connectivity index (χ0n) is 7.80. The fourth-order valence-electron chi connectivity index (χ4n) is 1.50. The summed E-state index contributed by atoms with van der Waals surface area (Å²) in [5.41, 5.74) is 9.36. The lowest BCUT2D eigenvalue weighted by atomic mass is 9.97. The van der Waals surface area contributed by atoms with Crippen molar-refractivity contribution in [3.63, 3.8) is 0 Å². The van der Waals surface area contributed by atoms with Crippen molar-refractivity contribution < 1.29 is 0 Å². The molecular formula is C10H16N2. The Balaban J connectivity index is 2.86. The maximum absolute atomic E-state index is 5.77. The molecule has 0 fully saturated rings. The smallest absolute Gasteiger partial charge is 0.0429 e.